The minimum absolute atomic E-state index is 0.117. The fourth-order valence-electron chi connectivity index (χ4n) is 2.49. The number of carboxylic acids is 1. The van der Waals surface area contributed by atoms with Crippen LogP contribution < -0.4 is 5.32 Å². The molecule has 2 N–H and O–H groups in total. The van der Waals surface area contributed by atoms with E-state index in [0.717, 1.165) is 24.0 Å². The number of amides is 1. The largest absolute Gasteiger partial charge is 0.481 e. The van der Waals surface area contributed by atoms with Crippen LogP contribution in [0.25, 0.3) is 11.6 Å². The van der Waals surface area contributed by atoms with Gasteiger partial charge in [0.25, 0.3) is 5.91 Å². The second kappa shape index (κ2) is 10.1. The number of carbonyl (C=O) groups is 2. The van der Waals surface area contributed by atoms with Gasteiger partial charge in [0.2, 0.25) is 0 Å². The molecule has 2 aromatic carbocycles. The van der Waals surface area contributed by atoms with Crippen molar-refractivity contribution in [2.75, 3.05) is 6.54 Å². The first kappa shape index (κ1) is 18.5. The first-order chi connectivity index (χ1) is 12.2. The summed E-state index contributed by atoms with van der Waals surface area (Å²) < 4.78 is 0. The van der Waals surface area contributed by atoms with E-state index in [1.54, 1.807) is 0 Å². The lowest BCUT2D eigenvalue weighted by atomic mass is 10.0. The summed E-state index contributed by atoms with van der Waals surface area (Å²) in [7, 11) is 0. The van der Waals surface area contributed by atoms with Gasteiger partial charge in [0.15, 0.2) is 0 Å². The van der Waals surface area contributed by atoms with Crippen LogP contribution in [0.15, 0.2) is 60.7 Å². The maximum absolute atomic E-state index is 12.6. The molecule has 0 unspecified atom stereocenters. The number of carboxylic acid groups (broad SMARTS) is 1. The van der Waals surface area contributed by atoms with Crippen LogP contribution in [-0.2, 0) is 9.59 Å². The Hall–Kier alpha value is -2.88. The number of carbonyl (C=O) groups excluding carboxylic acids is 1. The monoisotopic (exact) mass is 337 g/mol. The van der Waals surface area contributed by atoms with Gasteiger partial charge in [0.05, 0.1) is 0 Å². The van der Waals surface area contributed by atoms with Crippen LogP contribution in [0.4, 0.5) is 0 Å². The summed E-state index contributed by atoms with van der Waals surface area (Å²) in [5.41, 5.74) is 2.46. The van der Waals surface area contributed by atoms with Gasteiger partial charge in [-0.15, -0.1) is 0 Å². The van der Waals surface area contributed by atoms with Crippen molar-refractivity contribution >= 4 is 23.5 Å². The summed E-state index contributed by atoms with van der Waals surface area (Å²) in [5, 5.41) is 11.6. The molecule has 2 aromatic rings. The van der Waals surface area contributed by atoms with Crippen LogP contribution in [0.2, 0.25) is 0 Å². The summed E-state index contributed by atoms with van der Waals surface area (Å²) in [6.07, 6.45) is 4.25. The van der Waals surface area contributed by atoms with Crippen molar-refractivity contribution in [3.05, 3.63) is 71.8 Å². The molecule has 0 aliphatic heterocycles. The van der Waals surface area contributed by atoms with Gasteiger partial charge >= 0.3 is 5.97 Å². The van der Waals surface area contributed by atoms with Crippen molar-refractivity contribution in [1.29, 1.82) is 0 Å². The van der Waals surface area contributed by atoms with Gasteiger partial charge in [0.1, 0.15) is 0 Å². The van der Waals surface area contributed by atoms with E-state index >= 15 is 0 Å². The highest BCUT2D eigenvalue weighted by molar-refractivity contribution is 6.24. The molecular weight excluding hydrogens is 314 g/mol. The van der Waals surface area contributed by atoms with E-state index in [9.17, 15) is 9.59 Å². The number of benzene rings is 2. The molecule has 0 saturated heterocycles. The van der Waals surface area contributed by atoms with Crippen molar-refractivity contribution in [3.8, 4) is 0 Å². The average Bonchev–Trinajstić information content (AvgIpc) is 2.63. The highest BCUT2D eigenvalue weighted by Gasteiger charge is 2.11. The Labute approximate surface area is 148 Å². The fourth-order valence-corrected chi connectivity index (χ4v) is 2.49. The van der Waals surface area contributed by atoms with Crippen molar-refractivity contribution in [3.63, 3.8) is 0 Å². The number of hydrogen-bond donors (Lipinski definition) is 2. The fraction of sp³-hybridized carbons (Fsp3) is 0.238. The van der Waals surface area contributed by atoms with Gasteiger partial charge in [-0.25, -0.2) is 0 Å². The van der Waals surface area contributed by atoms with Gasteiger partial charge in [-0.3, -0.25) is 9.59 Å². The number of rotatable bonds is 9. The van der Waals surface area contributed by atoms with Crippen LogP contribution in [0.5, 0.6) is 0 Å². The molecule has 0 aliphatic carbocycles. The van der Waals surface area contributed by atoms with Gasteiger partial charge in [-0.1, -0.05) is 67.1 Å². The Morgan fingerprint density at radius 3 is 2.16 bits per heavy atom. The predicted octanol–water partition coefficient (Wildman–Crippen LogP) is 3.99. The molecule has 0 aromatic heterocycles. The summed E-state index contributed by atoms with van der Waals surface area (Å²) in [6, 6.07) is 19.3. The summed E-state index contributed by atoms with van der Waals surface area (Å²) in [5.74, 6) is -0.894. The average molecular weight is 337 g/mol. The SMILES string of the molecule is O=C(O)CCCCCNC(=O)/C(=C\c1ccccc1)c1ccccc1. The Bertz CT molecular complexity index is 708. The van der Waals surface area contributed by atoms with Crippen molar-refractivity contribution in [2.45, 2.75) is 25.7 Å². The Kier molecular flexibility index (Phi) is 7.44. The third-order valence-electron chi connectivity index (χ3n) is 3.79. The number of nitrogens with one attached hydrogen (secondary N) is 1. The zero-order chi connectivity index (χ0) is 17.9. The standard InChI is InChI=1S/C21H23NO3/c23-20(24)14-8-3-9-15-22-21(25)19(18-12-6-2-7-13-18)16-17-10-4-1-5-11-17/h1-2,4-7,10-13,16H,3,8-9,14-15H2,(H,22,25)(H,23,24)/b19-16-. The molecule has 0 heterocycles. The van der Waals surface area contributed by atoms with E-state index in [-0.39, 0.29) is 12.3 Å². The Morgan fingerprint density at radius 2 is 1.52 bits per heavy atom. The molecule has 4 heteroatoms. The smallest absolute Gasteiger partial charge is 0.303 e. The molecule has 0 bridgehead atoms. The van der Waals surface area contributed by atoms with Gasteiger partial charge in [-0.2, -0.15) is 0 Å². The second-order valence-electron chi connectivity index (χ2n) is 5.80. The maximum atomic E-state index is 12.6. The van der Waals surface area contributed by atoms with Crippen LogP contribution in [0.1, 0.15) is 36.8 Å². The van der Waals surface area contributed by atoms with Crippen LogP contribution in [0.3, 0.4) is 0 Å². The van der Waals surface area contributed by atoms with E-state index in [1.807, 2.05) is 66.7 Å². The molecule has 4 nitrogen and oxygen atoms in total. The third kappa shape index (κ3) is 6.63. The first-order valence-corrected chi connectivity index (χ1v) is 8.49. The molecule has 1 amide bonds. The summed E-state index contributed by atoms with van der Waals surface area (Å²) in [6.45, 7) is 0.539. The minimum Gasteiger partial charge on any atom is -0.481 e. The number of aliphatic carboxylic acids is 1. The van der Waals surface area contributed by atoms with E-state index < -0.39 is 5.97 Å². The van der Waals surface area contributed by atoms with Gasteiger partial charge < -0.3 is 10.4 Å². The highest BCUT2D eigenvalue weighted by Crippen LogP contribution is 2.18. The van der Waals surface area contributed by atoms with Crippen LogP contribution in [-0.4, -0.2) is 23.5 Å². The van der Waals surface area contributed by atoms with Gasteiger partial charge in [0, 0.05) is 18.5 Å². The summed E-state index contributed by atoms with van der Waals surface area (Å²) in [4.78, 5) is 23.1. The lowest BCUT2D eigenvalue weighted by Gasteiger charge is -2.10. The Balaban J connectivity index is 2.00. The van der Waals surface area contributed by atoms with Crippen molar-refractivity contribution in [1.82, 2.24) is 5.32 Å². The first-order valence-electron chi connectivity index (χ1n) is 8.49. The van der Waals surface area contributed by atoms with Crippen LogP contribution in [0, 0.1) is 0 Å². The normalized spacial score (nSPS) is 11.1. The van der Waals surface area contributed by atoms with Gasteiger partial charge in [-0.05, 0) is 30.0 Å². The highest BCUT2D eigenvalue weighted by atomic mass is 16.4. The quantitative estimate of drug-likeness (QED) is 0.413. The summed E-state index contributed by atoms with van der Waals surface area (Å²) >= 11 is 0. The molecule has 0 atom stereocenters. The molecule has 25 heavy (non-hydrogen) atoms. The second-order valence-corrected chi connectivity index (χ2v) is 5.80. The lowest BCUT2D eigenvalue weighted by Crippen LogP contribution is -2.25. The van der Waals surface area contributed by atoms with Crippen molar-refractivity contribution < 1.29 is 14.7 Å². The topological polar surface area (TPSA) is 66.4 Å². The molecule has 0 aliphatic rings. The molecule has 130 valence electrons. The third-order valence-corrected chi connectivity index (χ3v) is 3.79. The Morgan fingerprint density at radius 1 is 0.880 bits per heavy atom. The minimum atomic E-state index is -0.777. The maximum Gasteiger partial charge on any atom is 0.303 e. The number of unbranched alkanes of at least 4 members (excludes halogenated alkanes) is 2. The number of hydrogen-bond acceptors (Lipinski definition) is 2. The zero-order valence-corrected chi connectivity index (χ0v) is 14.2. The van der Waals surface area contributed by atoms with E-state index in [1.165, 1.54) is 0 Å². The van der Waals surface area contributed by atoms with Crippen molar-refractivity contribution in [2.24, 2.45) is 0 Å². The lowest BCUT2D eigenvalue weighted by molar-refractivity contribution is -0.137. The van der Waals surface area contributed by atoms with E-state index in [2.05, 4.69) is 5.32 Å². The predicted molar refractivity (Wildman–Crippen MR) is 99.9 cm³/mol. The molecule has 2 rings (SSSR count). The van der Waals surface area contributed by atoms with E-state index in [4.69, 9.17) is 5.11 Å². The molecule has 0 radical (unpaired) electrons. The molecule has 0 spiro atoms. The molecule has 0 saturated carbocycles. The van der Waals surface area contributed by atoms with Crippen LogP contribution >= 0.6 is 0 Å². The zero-order valence-electron chi connectivity index (χ0n) is 14.2. The van der Waals surface area contributed by atoms with E-state index in [0.29, 0.717) is 18.5 Å². The molecule has 0 fully saturated rings. The molecular formula is C21H23NO3.